The number of aliphatic hydroxyl groups is 1. The van der Waals surface area contributed by atoms with Crippen molar-refractivity contribution in [3.8, 4) is 0 Å². The van der Waals surface area contributed by atoms with E-state index in [0.717, 1.165) is 0 Å². The zero-order valence-electron chi connectivity index (χ0n) is 6.90. The smallest absolute Gasteiger partial charge is 0.356 e. The van der Waals surface area contributed by atoms with E-state index in [-0.39, 0.29) is 6.61 Å². The van der Waals surface area contributed by atoms with E-state index >= 15 is 0 Å². The number of hydrogen-bond donors (Lipinski definition) is 4. The van der Waals surface area contributed by atoms with Crippen molar-refractivity contribution in [1.29, 1.82) is 0 Å². The molecule has 0 saturated heterocycles. The van der Waals surface area contributed by atoms with E-state index in [1.807, 2.05) is 0 Å². The Morgan fingerprint density at radius 2 is 1.77 bits per heavy atom. The number of aliphatic hydroxyl groups excluding tert-OH is 1. The minimum Gasteiger partial charge on any atom is -0.380 e. The van der Waals surface area contributed by atoms with E-state index in [2.05, 4.69) is 4.52 Å². The van der Waals surface area contributed by atoms with Gasteiger partial charge in [-0.2, -0.15) is 0 Å². The van der Waals surface area contributed by atoms with Crippen molar-refractivity contribution in [2.24, 2.45) is 0 Å². The molecule has 0 heterocycles. The van der Waals surface area contributed by atoms with E-state index in [1.54, 1.807) is 0 Å². The maximum atomic E-state index is 10.9. The summed E-state index contributed by atoms with van der Waals surface area (Å²) in [5.74, 6) is -2.05. The maximum absolute atomic E-state index is 10.9. The highest BCUT2D eigenvalue weighted by atomic mass is 31.2. The molecule has 13 heavy (non-hydrogen) atoms. The lowest BCUT2D eigenvalue weighted by Gasteiger charge is -2.17. The normalized spacial score (nSPS) is 19.5. The lowest BCUT2D eigenvalue weighted by atomic mass is 10.9. The van der Waals surface area contributed by atoms with Crippen molar-refractivity contribution in [2.45, 2.75) is 12.8 Å². The third kappa shape index (κ3) is 5.54. The summed E-state index contributed by atoms with van der Waals surface area (Å²) in [6, 6.07) is 0. The van der Waals surface area contributed by atoms with Crippen LogP contribution in [0, 0.1) is 0 Å². The van der Waals surface area contributed by atoms with Crippen molar-refractivity contribution in [3.05, 3.63) is 0 Å². The molecule has 0 aliphatic rings. The number of rotatable bonds is 5. The van der Waals surface area contributed by atoms with Gasteiger partial charge in [-0.1, -0.05) is 0 Å². The minimum absolute atomic E-state index is 0.119. The zero-order chi connectivity index (χ0) is 10.7. The summed E-state index contributed by atoms with van der Waals surface area (Å²) in [6.45, 7) is 1.30. The molecule has 2 unspecified atom stereocenters. The van der Waals surface area contributed by atoms with Gasteiger partial charge in [0.25, 0.3) is 0 Å². The molecule has 0 spiro atoms. The van der Waals surface area contributed by atoms with Gasteiger partial charge in [0.05, 0.1) is 12.8 Å². The van der Waals surface area contributed by atoms with Crippen molar-refractivity contribution in [1.82, 2.24) is 0 Å². The van der Waals surface area contributed by atoms with Crippen LogP contribution in [0.3, 0.4) is 0 Å². The van der Waals surface area contributed by atoms with Gasteiger partial charge in [-0.25, -0.2) is 0 Å². The van der Waals surface area contributed by atoms with E-state index < -0.39 is 27.2 Å². The van der Waals surface area contributed by atoms with Crippen LogP contribution in [0.1, 0.15) is 6.92 Å². The third-order valence-corrected chi connectivity index (χ3v) is 3.77. The van der Waals surface area contributed by atoms with Gasteiger partial charge in [0.15, 0.2) is 5.85 Å². The van der Waals surface area contributed by atoms with E-state index in [4.69, 9.17) is 19.8 Å². The molecule has 0 aliphatic heterocycles. The minimum atomic E-state index is -4.50. The molecule has 4 N–H and O–H groups in total. The Morgan fingerprint density at radius 1 is 1.31 bits per heavy atom. The molecule has 9 heteroatoms. The molecule has 0 aromatic rings. The molecule has 80 valence electrons. The quantitative estimate of drug-likeness (QED) is 0.481. The van der Waals surface area contributed by atoms with Gasteiger partial charge >= 0.3 is 15.2 Å². The summed E-state index contributed by atoms with van der Waals surface area (Å²) in [5, 5.41) is 8.91. The highest BCUT2D eigenvalue weighted by Crippen LogP contribution is 2.51. The van der Waals surface area contributed by atoms with Gasteiger partial charge < -0.3 is 24.3 Å². The Bertz CT molecular complexity index is 245. The third-order valence-electron chi connectivity index (χ3n) is 1.09. The topological polar surface area (TPSA) is 124 Å². The lowest BCUT2D eigenvalue weighted by Crippen LogP contribution is -2.14. The summed E-state index contributed by atoms with van der Waals surface area (Å²) < 4.78 is 25.5. The maximum Gasteiger partial charge on any atom is 0.356 e. The van der Waals surface area contributed by atoms with Crippen LogP contribution in [0.2, 0.25) is 0 Å². The van der Waals surface area contributed by atoms with Crippen molar-refractivity contribution in [2.75, 3.05) is 12.8 Å². The van der Waals surface area contributed by atoms with Gasteiger partial charge in [0.1, 0.15) is 0 Å². The van der Waals surface area contributed by atoms with E-state index in [0.29, 0.717) is 0 Å². The first-order valence-corrected chi connectivity index (χ1v) is 6.83. The van der Waals surface area contributed by atoms with Gasteiger partial charge in [-0.05, 0) is 6.92 Å². The fourth-order valence-corrected chi connectivity index (χ4v) is 3.02. The Kier molecular flexibility index (Phi) is 4.76. The van der Waals surface area contributed by atoms with Gasteiger partial charge in [-0.3, -0.25) is 9.13 Å². The second kappa shape index (κ2) is 4.66. The summed E-state index contributed by atoms with van der Waals surface area (Å²) in [5.41, 5.74) is 0. The second-order valence-electron chi connectivity index (χ2n) is 2.31. The lowest BCUT2D eigenvalue weighted by molar-refractivity contribution is 0.183. The molecule has 0 rings (SSSR count). The average Bonchev–Trinajstić information content (AvgIpc) is 1.82. The highest BCUT2D eigenvalue weighted by Gasteiger charge is 2.35. The summed E-state index contributed by atoms with van der Waals surface area (Å²) >= 11 is 0. The molecule has 7 nitrogen and oxygen atoms in total. The summed E-state index contributed by atoms with van der Waals surface area (Å²) in [7, 11) is -8.82. The first-order chi connectivity index (χ1) is 5.69. The fraction of sp³-hybridized carbons (Fsp3) is 1.00. The molecule has 0 saturated carbocycles. The van der Waals surface area contributed by atoms with Crippen LogP contribution >= 0.6 is 15.2 Å². The Balaban J connectivity index is 4.34. The Labute approximate surface area is 75.1 Å². The van der Waals surface area contributed by atoms with Crippen molar-refractivity contribution < 1.29 is 33.4 Å². The van der Waals surface area contributed by atoms with Crippen LogP contribution in [-0.2, 0) is 13.7 Å². The van der Waals surface area contributed by atoms with E-state index in [9.17, 15) is 9.13 Å². The SMILES string of the molecule is CCOP(=O)(O)C(O)CP(=O)(O)O. The van der Waals surface area contributed by atoms with Crippen LogP contribution in [0.4, 0.5) is 0 Å². The standard InChI is InChI=1S/C4H12O7P2/c1-2-11-13(9,10)4(5)3-12(6,7)8/h4-5H,2-3H2,1H3,(H,9,10)(H2,6,7,8). The van der Waals surface area contributed by atoms with Crippen LogP contribution < -0.4 is 0 Å². The molecule has 2 atom stereocenters. The Hall–Kier alpha value is 0.260. The molecule has 0 amide bonds. The molecular weight excluding hydrogens is 222 g/mol. The molecule has 0 bridgehead atoms. The van der Waals surface area contributed by atoms with Gasteiger partial charge in [-0.15, -0.1) is 0 Å². The summed E-state index contributed by atoms with van der Waals surface area (Å²) in [4.78, 5) is 25.7. The highest BCUT2D eigenvalue weighted by molar-refractivity contribution is 7.57. The molecule has 0 aromatic heterocycles. The zero-order valence-corrected chi connectivity index (χ0v) is 8.69. The fourth-order valence-electron chi connectivity index (χ4n) is 0.587. The van der Waals surface area contributed by atoms with E-state index in [1.165, 1.54) is 6.92 Å². The summed E-state index contributed by atoms with van der Waals surface area (Å²) in [6.07, 6.45) is -1.08. The first-order valence-electron chi connectivity index (χ1n) is 3.38. The first kappa shape index (κ1) is 13.3. The van der Waals surface area contributed by atoms with Gasteiger partial charge in [0, 0.05) is 0 Å². The van der Waals surface area contributed by atoms with Crippen LogP contribution in [0.25, 0.3) is 0 Å². The Morgan fingerprint density at radius 3 is 2.08 bits per heavy atom. The predicted octanol–water partition coefficient (Wildman–Crippen LogP) is -0.296. The molecule has 0 radical (unpaired) electrons. The molecular formula is C4H12O7P2. The van der Waals surface area contributed by atoms with Gasteiger partial charge in [0.2, 0.25) is 0 Å². The monoisotopic (exact) mass is 234 g/mol. The largest absolute Gasteiger partial charge is 0.380 e. The van der Waals surface area contributed by atoms with Crippen molar-refractivity contribution in [3.63, 3.8) is 0 Å². The second-order valence-corrected chi connectivity index (χ2v) is 5.99. The molecule has 0 aromatic carbocycles. The van der Waals surface area contributed by atoms with Crippen LogP contribution in [0.5, 0.6) is 0 Å². The molecule has 0 aliphatic carbocycles. The molecule has 0 fully saturated rings. The van der Waals surface area contributed by atoms with Crippen LogP contribution in [-0.4, -0.2) is 38.4 Å². The number of hydrogen-bond acceptors (Lipinski definition) is 4. The average molecular weight is 234 g/mol. The predicted molar refractivity (Wildman–Crippen MR) is 44.4 cm³/mol. The van der Waals surface area contributed by atoms with Crippen molar-refractivity contribution >= 4 is 15.2 Å². The van der Waals surface area contributed by atoms with Crippen LogP contribution in [0.15, 0.2) is 0 Å².